The first-order valence-electron chi connectivity index (χ1n) is 6.63. The molecule has 0 radical (unpaired) electrons. The maximum absolute atomic E-state index is 8.83. The average molecular weight is 300 g/mol. The van der Waals surface area contributed by atoms with E-state index < -0.39 is 0 Å². The number of anilines is 1. The van der Waals surface area contributed by atoms with Crippen molar-refractivity contribution < 1.29 is 5.11 Å². The van der Waals surface area contributed by atoms with E-state index in [9.17, 15) is 0 Å². The van der Waals surface area contributed by atoms with Crippen LogP contribution in [0.25, 0.3) is 0 Å². The fourth-order valence-electron chi connectivity index (χ4n) is 1.95. The zero-order valence-electron chi connectivity index (χ0n) is 11.9. The number of halogens is 1. The van der Waals surface area contributed by atoms with Crippen molar-refractivity contribution in [2.45, 2.75) is 39.9 Å². The number of aromatic nitrogens is 4. The van der Waals surface area contributed by atoms with Crippen molar-refractivity contribution in [3.8, 4) is 0 Å². The molecule has 6 nitrogen and oxygen atoms in total. The molecule has 0 amide bonds. The molecule has 2 heterocycles. The third-order valence-electron chi connectivity index (χ3n) is 2.95. The Labute approximate surface area is 125 Å². The van der Waals surface area contributed by atoms with Crippen LogP contribution in [0.2, 0.25) is 0 Å². The van der Waals surface area contributed by atoms with Crippen LogP contribution in [0.5, 0.6) is 0 Å². The predicted octanol–water partition coefficient (Wildman–Crippen LogP) is 1.82. The normalized spacial score (nSPS) is 10.3. The molecule has 0 aliphatic heterocycles. The lowest BCUT2D eigenvalue weighted by molar-refractivity contribution is 0.269. The molecule has 0 bridgehead atoms. The molecule has 0 spiro atoms. The van der Waals surface area contributed by atoms with Gasteiger partial charge in [-0.1, -0.05) is 6.92 Å². The Balaban J connectivity index is 0.00000200. The molecule has 0 aromatic carbocycles. The van der Waals surface area contributed by atoms with Gasteiger partial charge in [0, 0.05) is 31.0 Å². The van der Waals surface area contributed by atoms with Gasteiger partial charge in [-0.3, -0.25) is 9.36 Å². The Hall–Kier alpha value is -1.53. The fraction of sp³-hybridized carbons (Fsp3) is 0.538. The highest BCUT2D eigenvalue weighted by Crippen LogP contribution is 2.11. The van der Waals surface area contributed by atoms with Gasteiger partial charge in [-0.25, -0.2) is 0 Å². The highest BCUT2D eigenvalue weighted by Gasteiger charge is 2.05. The molecule has 2 rings (SSSR count). The van der Waals surface area contributed by atoms with Crippen molar-refractivity contribution in [2.75, 3.05) is 11.9 Å². The maximum atomic E-state index is 8.83. The van der Waals surface area contributed by atoms with Crippen molar-refractivity contribution in [3.05, 3.63) is 29.8 Å². The molecule has 2 aromatic heterocycles. The topological polar surface area (TPSA) is 67.9 Å². The van der Waals surface area contributed by atoms with Crippen LogP contribution in [-0.4, -0.2) is 31.3 Å². The lowest BCUT2D eigenvalue weighted by atomic mass is 10.2. The second-order valence-electron chi connectivity index (χ2n) is 4.57. The number of nitrogens with zero attached hydrogens (tertiary/aromatic N) is 4. The van der Waals surface area contributed by atoms with Gasteiger partial charge in [-0.15, -0.1) is 12.4 Å². The molecular formula is C13H22ClN5O. The van der Waals surface area contributed by atoms with E-state index in [4.69, 9.17) is 5.11 Å². The molecule has 2 aromatic rings. The van der Waals surface area contributed by atoms with E-state index >= 15 is 0 Å². The number of aliphatic hydroxyl groups excluding tert-OH is 1. The molecule has 112 valence electrons. The quantitative estimate of drug-likeness (QED) is 0.818. The number of hydrogen-bond acceptors (Lipinski definition) is 4. The molecule has 0 saturated heterocycles. The number of aliphatic hydroxyl groups is 1. The van der Waals surface area contributed by atoms with Crippen LogP contribution in [0.3, 0.4) is 0 Å². The van der Waals surface area contributed by atoms with E-state index in [1.807, 2.05) is 17.8 Å². The molecular weight excluding hydrogens is 278 g/mol. The first-order chi connectivity index (χ1) is 9.22. The van der Waals surface area contributed by atoms with Crippen molar-refractivity contribution in [1.82, 2.24) is 19.6 Å². The minimum atomic E-state index is 0. The highest BCUT2D eigenvalue weighted by atomic mass is 35.5. The van der Waals surface area contributed by atoms with Gasteiger partial charge in [0.15, 0.2) is 0 Å². The molecule has 7 heteroatoms. The summed E-state index contributed by atoms with van der Waals surface area (Å²) in [7, 11) is 0. The van der Waals surface area contributed by atoms with Crippen LogP contribution < -0.4 is 5.32 Å². The van der Waals surface area contributed by atoms with Gasteiger partial charge in [0.1, 0.15) is 0 Å². The van der Waals surface area contributed by atoms with E-state index in [0.29, 0.717) is 6.54 Å². The van der Waals surface area contributed by atoms with Crippen molar-refractivity contribution in [2.24, 2.45) is 0 Å². The maximum Gasteiger partial charge on any atom is 0.0729 e. The van der Waals surface area contributed by atoms with Crippen molar-refractivity contribution >= 4 is 18.1 Å². The summed E-state index contributed by atoms with van der Waals surface area (Å²) in [5.74, 6) is 0. The first kappa shape index (κ1) is 16.5. The van der Waals surface area contributed by atoms with Crippen molar-refractivity contribution in [3.63, 3.8) is 0 Å². The highest BCUT2D eigenvalue weighted by molar-refractivity contribution is 5.85. The van der Waals surface area contributed by atoms with Crippen LogP contribution in [0.1, 0.15) is 24.6 Å². The van der Waals surface area contributed by atoms with E-state index in [2.05, 4.69) is 28.6 Å². The Morgan fingerprint density at radius 1 is 1.25 bits per heavy atom. The van der Waals surface area contributed by atoms with Crippen LogP contribution >= 0.6 is 12.4 Å². The summed E-state index contributed by atoms with van der Waals surface area (Å²) in [5, 5.41) is 20.8. The van der Waals surface area contributed by atoms with Crippen LogP contribution in [-0.2, 0) is 19.6 Å². The lowest BCUT2D eigenvalue weighted by Gasteiger charge is -2.01. The first-order valence-corrected chi connectivity index (χ1v) is 6.63. The van der Waals surface area contributed by atoms with Gasteiger partial charge in [-0.2, -0.15) is 10.2 Å². The van der Waals surface area contributed by atoms with Crippen molar-refractivity contribution in [1.29, 1.82) is 0 Å². The summed E-state index contributed by atoms with van der Waals surface area (Å²) in [4.78, 5) is 0. The van der Waals surface area contributed by atoms with Crippen LogP contribution in [0.15, 0.2) is 18.6 Å². The summed E-state index contributed by atoms with van der Waals surface area (Å²) in [6.07, 6.45) is 6.83. The minimum Gasteiger partial charge on any atom is -0.394 e. The monoisotopic (exact) mass is 299 g/mol. The van der Waals surface area contributed by atoms with Gasteiger partial charge in [0.05, 0.1) is 30.7 Å². The molecule has 0 fully saturated rings. The SMILES string of the molecule is CCCn1cc(CNc2cnn(CCO)c2)c(C)n1.Cl. The molecule has 0 aliphatic rings. The summed E-state index contributed by atoms with van der Waals surface area (Å²) < 4.78 is 3.71. The van der Waals surface area contributed by atoms with Gasteiger partial charge in [-0.05, 0) is 13.3 Å². The Kier molecular flexibility index (Phi) is 6.54. The predicted molar refractivity (Wildman–Crippen MR) is 81.1 cm³/mol. The van der Waals surface area contributed by atoms with Gasteiger partial charge in [0.25, 0.3) is 0 Å². The number of rotatable bonds is 7. The molecule has 0 atom stereocenters. The van der Waals surface area contributed by atoms with E-state index in [-0.39, 0.29) is 19.0 Å². The van der Waals surface area contributed by atoms with Gasteiger partial charge < -0.3 is 10.4 Å². The molecule has 20 heavy (non-hydrogen) atoms. The number of hydrogen-bond donors (Lipinski definition) is 2. The van der Waals surface area contributed by atoms with E-state index in [0.717, 1.165) is 30.9 Å². The van der Waals surface area contributed by atoms with Gasteiger partial charge in [0.2, 0.25) is 0 Å². The smallest absolute Gasteiger partial charge is 0.0729 e. The summed E-state index contributed by atoms with van der Waals surface area (Å²) in [5.41, 5.74) is 3.21. The lowest BCUT2D eigenvalue weighted by Crippen LogP contribution is -2.02. The number of aryl methyl sites for hydroxylation is 2. The Morgan fingerprint density at radius 3 is 2.75 bits per heavy atom. The minimum absolute atomic E-state index is 0. The summed E-state index contributed by atoms with van der Waals surface area (Å²) in [6.45, 7) is 6.48. The van der Waals surface area contributed by atoms with Crippen LogP contribution in [0.4, 0.5) is 5.69 Å². The second-order valence-corrected chi connectivity index (χ2v) is 4.57. The number of nitrogens with one attached hydrogen (secondary N) is 1. The summed E-state index contributed by atoms with van der Waals surface area (Å²) in [6, 6.07) is 0. The molecule has 0 aliphatic carbocycles. The largest absolute Gasteiger partial charge is 0.394 e. The zero-order valence-corrected chi connectivity index (χ0v) is 12.7. The third kappa shape index (κ3) is 4.25. The summed E-state index contributed by atoms with van der Waals surface area (Å²) >= 11 is 0. The average Bonchev–Trinajstić information content (AvgIpc) is 2.95. The Morgan fingerprint density at radius 2 is 2.05 bits per heavy atom. The van der Waals surface area contributed by atoms with E-state index in [1.165, 1.54) is 5.56 Å². The molecule has 0 saturated carbocycles. The zero-order chi connectivity index (χ0) is 13.7. The molecule has 0 unspecified atom stereocenters. The van der Waals surface area contributed by atoms with Gasteiger partial charge >= 0.3 is 0 Å². The molecule has 2 N–H and O–H groups in total. The van der Waals surface area contributed by atoms with Crippen LogP contribution in [0, 0.1) is 6.92 Å². The second kappa shape index (κ2) is 7.91. The third-order valence-corrected chi connectivity index (χ3v) is 2.95. The van der Waals surface area contributed by atoms with E-state index in [1.54, 1.807) is 10.9 Å². The fourth-order valence-corrected chi connectivity index (χ4v) is 1.95. The Bertz CT molecular complexity index is 523. The standard InChI is InChI=1S/C13H21N5O.ClH/c1-3-4-18-9-12(11(2)16-18)7-14-13-8-15-17(10-13)5-6-19;/h8-10,14,19H,3-7H2,1-2H3;1H.